The van der Waals surface area contributed by atoms with Crippen LogP contribution in [0.4, 0.5) is 13.2 Å². The van der Waals surface area contributed by atoms with Crippen molar-refractivity contribution in [3.05, 3.63) is 35.8 Å². The molecule has 0 bridgehead atoms. The summed E-state index contributed by atoms with van der Waals surface area (Å²) in [5, 5.41) is 0. The van der Waals surface area contributed by atoms with Gasteiger partial charge in [0, 0.05) is 23.8 Å². The maximum absolute atomic E-state index is 12.7. The summed E-state index contributed by atoms with van der Waals surface area (Å²) < 4.78 is 39.5. The van der Waals surface area contributed by atoms with Crippen LogP contribution in [0.5, 0.6) is 0 Å². The number of pyridine rings is 1. The summed E-state index contributed by atoms with van der Waals surface area (Å²) in [5.41, 5.74) is 0.493. The van der Waals surface area contributed by atoms with E-state index in [1.165, 1.54) is 4.57 Å². The van der Waals surface area contributed by atoms with E-state index in [-0.39, 0.29) is 10.7 Å². The van der Waals surface area contributed by atoms with Gasteiger partial charge in [0.1, 0.15) is 5.69 Å². The fourth-order valence-electron chi connectivity index (χ4n) is 1.77. The summed E-state index contributed by atoms with van der Waals surface area (Å²) in [6.07, 6.45) is -1.80. The lowest BCUT2D eigenvalue weighted by Gasteiger charge is -2.06. The second kappa shape index (κ2) is 5.55. The molecular weight excluding hydrogens is 335 g/mol. The largest absolute Gasteiger partial charge is 0.434 e. The van der Waals surface area contributed by atoms with Crippen LogP contribution in [0.3, 0.4) is 0 Å². The van der Waals surface area contributed by atoms with E-state index in [2.05, 4.69) is 25.9 Å². The topological polar surface area (TPSA) is 30.7 Å². The van der Waals surface area contributed by atoms with Gasteiger partial charge in [-0.25, -0.2) is 4.98 Å². The van der Waals surface area contributed by atoms with E-state index in [1.54, 1.807) is 19.2 Å². The maximum atomic E-state index is 12.7. The molecule has 3 nitrogen and oxygen atoms in total. The van der Waals surface area contributed by atoms with E-state index < -0.39 is 11.9 Å². The first-order chi connectivity index (χ1) is 9.32. The molecule has 2 aromatic rings. The molecule has 0 fully saturated rings. The lowest BCUT2D eigenvalue weighted by atomic mass is 10.2. The number of nitrogens with zero attached hydrogens (tertiary/aromatic N) is 3. The van der Waals surface area contributed by atoms with Gasteiger partial charge < -0.3 is 4.57 Å². The van der Waals surface area contributed by atoms with E-state index in [0.29, 0.717) is 12.2 Å². The van der Waals surface area contributed by atoms with Crippen LogP contribution >= 0.6 is 15.9 Å². The summed E-state index contributed by atoms with van der Waals surface area (Å²) in [6.45, 7) is 4.11. The Morgan fingerprint density at radius 1 is 1.35 bits per heavy atom. The zero-order valence-corrected chi connectivity index (χ0v) is 12.5. The molecule has 0 saturated carbocycles. The summed E-state index contributed by atoms with van der Waals surface area (Å²) in [4.78, 5) is 7.99. The average Bonchev–Trinajstić information content (AvgIpc) is 2.82. The van der Waals surface area contributed by atoms with E-state index in [4.69, 9.17) is 0 Å². The molecule has 2 heterocycles. The van der Waals surface area contributed by atoms with E-state index in [0.717, 1.165) is 11.8 Å². The standard InChI is InChI=1S/C13H13BrF3N3/c1-3-20-7-11(13(15,16)17)19-12(20)10-5-4-9(6-18-10)8(2)14/h4-8H,3H2,1-2H3. The molecule has 0 aliphatic rings. The Bertz CT molecular complexity index is 588. The smallest absolute Gasteiger partial charge is 0.329 e. The third-order valence-corrected chi connectivity index (χ3v) is 3.41. The summed E-state index contributed by atoms with van der Waals surface area (Å²) in [6, 6.07) is 3.51. The highest BCUT2D eigenvalue weighted by atomic mass is 79.9. The number of imidazole rings is 1. The van der Waals surface area contributed by atoms with Gasteiger partial charge in [0.2, 0.25) is 0 Å². The predicted molar refractivity (Wildman–Crippen MR) is 73.5 cm³/mol. The second-order valence-electron chi connectivity index (χ2n) is 4.33. The molecule has 0 N–H and O–H groups in total. The molecule has 20 heavy (non-hydrogen) atoms. The van der Waals surface area contributed by atoms with Crippen LogP contribution in [0, 0.1) is 0 Å². The van der Waals surface area contributed by atoms with Crippen LogP contribution in [0.15, 0.2) is 24.5 Å². The van der Waals surface area contributed by atoms with Crippen molar-refractivity contribution in [2.75, 3.05) is 0 Å². The summed E-state index contributed by atoms with van der Waals surface area (Å²) >= 11 is 3.41. The van der Waals surface area contributed by atoms with E-state index in [1.807, 2.05) is 13.0 Å². The molecule has 2 aromatic heterocycles. The summed E-state index contributed by atoms with van der Waals surface area (Å²) in [7, 11) is 0. The van der Waals surface area contributed by atoms with Crippen LogP contribution < -0.4 is 0 Å². The van der Waals surface area contributed by atoms with Gasteiger partial charge in [-0.05, 0) is 25.5 Å². The third-order valence-electron chi connectivity index (χ3n) is 2.88. The first-order valence-corrected chi connectivity index (χ1v) is 6.99. The first-order valence-electron chi connectivity index (χ1n) is 6.07. The molecule has 2 rings (SSSR count). The highest BCUT2D eigenvalue weighted by molar-refractivity contribution is 9.09. The van der Waals surface area contributed by atoms with Gasteiger partial charge in [-0.15, -0.1) is 0 Å². The predicted octanol–water partition coefficient (Wildman–Crippen LogP) is 4.44. The number of hydrogen-bond acceptors (Lipinski definition) is 2. The Labute approximate surface area is 123 Å². The van der Waals surface area contributed by atoms with Crippen LogP contribution in [0.2, 0.25) is 0 Å². The Kier molecular flexibility index (Phi) is 4.17. The highest BCUT2D eigenvalue weighted by Gasteiger charge is 2.34. The normalized spacial score (nSPS) is 13.5. The zero-order valence-electron chi connectivity index (χ0n) is 10.9. The Morgan fingerprint density at radius 3 is 2.50 bits per heavy atom. The molecule has 0 amide bonds. The second-order valence-corrected chi connectivity index (χ2v) is 5.70. The van der Waals surface area contributed by atoms with Crippen molar-refractivity contribution in [3.63, 3.8) is 0 Å². The quantitative estimate of drug-likeness (QED) is 0.768. The minimum Gasteiger partial charge on any atom is -0.329 e. The lowest BCUT2D eigenvalue weighted by molar-refractivity contribution is -0.140. The number of halogens is 4. The highest BCUT2D eigenvalue weighted by Crippen LogP contribution is 2.31. The molecule has 0 radical (unpaired) electrons. The Morgan fingerprint density at radius 2 is 2.05 bits per heavy atom. The number of hydrogen-bond donors (Lipinski definition) is 0. The molecule has 1 atom stereocenters. The summed E-state index contributed by atoms with van der Waals surface area (Å²) in [5.74, 6) is 0.230. The van der Waals surface area contributed by atoms with Crippen molar-refractivity contribution in [2.24, 2.45) is 0 Å². The van der Waals surface area contributed by atoms with E-state index in [9.17, 15) is 13.2 Å². The van der Waals surface area contributed by atoms with Crippen molar-refractivity contribution in [1.82, 2.24) is 14.5 Å². The molecule has 7 heteroatoms. The molecule has 0 aliphatic carbocycles. The fraction of sp³-hybridized carbons (Fsp3) is 0.385. The molecule has 108 valence electrons. The van der Waals surface area contributed by atoms with Crippen LogP contribution in [0.1, 0.15) is 29.9 Å². The van der Waals surface area contributed by atoms with Crippen molar-refractivity contribution < 1.29 is 13.2 Å². The van der Waals surface area contributed by atoms with Gasteiger partial charge in [0.05, 0.1) is 0 Å². The Hall–Kier alpha value is -1.37. The molecule has 0 aliphatic heterocycles. The van der Waals surface area contributed by atoms with Crippen molar-refractivity contribution >= 4 is 15.9 Å². The number of aryl methyl sites for hydroxylation is 1. The van der Waals surface area contributed by atoms with Crippen LogP contribution in [-0.4, -0.2) is 14.5 Å². The van der Waals surface area contributed by atoms with Gasteiger partial charge in [-0.2, -0.15) is 13.2 Å². The number of alkyl halides is 4. The zero-order chi connectivity index (χ0) is 14.9. The van der Waals surface area contributed by atoms with Crippen LogP contribution in [-0.2, 0) is 12.7 Å². The fourth-order valence-corrected chi connectivity index (χ4v) is 2.04. The van der Waals surface area contributed by atoms with Crippen LogP contribution in [0.25, 0.3) is 11.5 Å². The van der Waals surface area contributed by atoms with Gasteiger partial charge >= 0.3 is 6.18 Å². The molecule has 0 saturated heterocycles. The first kappa shape index (κ1) is 15.0. The lowest BCUT2D eigenvalue weighted by Crippen LogP contribution is -2.05. The van der Waals surface area contributed by atoms with Gasteiger partial charge in [0.25, 0.3) is 0 Å². The SMILES string of the molecule is CCn1cc(C(F)(F)F)nc1-c1ccc(C(C)Br)cn1. The van der Waals surface area contributed by atoms with Gasteiger partial charge in [0.15, 0.2) is 11.5 Å². The third kappa shape index (κ3) is 3.03. The number of aromatic nitrogens is 3. The number of rotatable bonds is 3. The van der Waals surface area contributed by atoms with Crippen molar-refractivity contribution in [1.29, 1.82) is 0 Å². The molecule has 0 spiro atoms. The van der Waals surface area contributed by atoms with Gasteiger partial charge in [-0.1, -0.05) is 22.0 Å². The van der Waals surface area contributed by atoms with Gasteiger partial charge in [-0.3, -0.25) is 4.98 Å². The van der Waals surface area contributed by atoms with E-state index >= 15 is 0 Å². The molecule has 1 unspecified atom stereocenters. The van der Waals surface area contributed by atoms with Crippen molar-refractivity contribution in [3.8, 4) is 11.5 Å². The average molecular weight is 348 g/mol. The minimum atomic E-state index is -4.44. The monoisotopic (exact) mass is 347 g/mol. The molecular formula is C13H13BrF3N3. The maximum Gasteiger partial charge on any atom is 0.434 e. The van der Waals surface area contributed by atoms with Crippen molar-refractivity contribution in [2.45, 2.75) is 31.4 Å². The minimum absolute atomic E-state index is 0.140. The molecule has 0 aromatic carbocycles. The Balaban J connectivity index is 2.43.